The fourth-order valence-electron chi connectivity index (χ4n) is 2.66. The maximum atomic E-state index is 12.0. The lowest BCUT2D eigenvalue weighted by Crippen LogP contribution is -2.56. The molecule has 2 aliphatic heterocycles. The molecule has 0 bridgehead atoms. The van der Waals surface area contributed by atoms with Gasteiger partial charge in [0, 0.05) is 19.6 Å². The van der Waals surface area contributed by atoms with Crippen molar-refractivity contribution in [3.05, 3.63) is 0 Å². The Labute approximate surface area is 109 Å². The van der Waals surface area contributed by atoms with Crippen molar-refractivity contribution >= 4 is 5.91 Å². The average Bonchev–Trinajstić information content (AvgIpc) is 2.40. The first-order valence-corrected chi connectivity index (χ1v) is 7.12. The number of piperidine rings is 1. The lowest BCUT2D eigenvalue weighted by Gasteiger charge is -2.30. The summed E-state index contributed by atoms with van der Waals surface area (Å²) in [7, 11) is 0. The van der Waals surface area contributed by atoms with E-state index in [2.05, 4.69) is 15.5 Å². The zero-order chi connectivity index (χ0) is 12.8. The first-order chi connectivity index (χ1) is 8.77. The molecule has 0 radical (unpaired) electrons. The van der Waals surface area contributed by atoms with E-state index in [-0.39, 0.29) is 18.1 Å². The molecule has 0 aromatic carbocycles. The summed E-state index contributed by atoms with van der Waals surface area (Å²) in [5, 5.41) is 6.21. The summed E-state index contributed by atoms with van der Waals surface area (Å²) in [4.78, 5) is 14.4. The summed E-state index contributed by atoms with van der Waals surface area (Å²) in [6, 6.07) is -0.194. The van der Waals surface area contributed by atoms with Crippen LogP contribution in [0.2, 0.25) is 0 Å². The Morgan fingerprint density at radius 2 is 2.17 bits per heavy atom. The van der Waals surface area contributed by atoms with E-state index in [0.29, 0.717) is 6.61 Å². The van der Waals surface area contributed by atoms with Gasteiger partial charge in [0.1, 0.15) is 6.04 Å². The molecule has 2 atom stereocenters. The molecule has 104 valence electrons. The number of hydrogen-bond acceptors (Lipinski definition) is 4. The third-order valence-corrected chi connectivity index (χ3v) is 3.77. The molecule has 0 aliphatic carbocycles. The molecule has 5 nitrogen and oxygen atoms in total. The van der Waals surface area contributed by atoms with Gasteiger partial charge >= 0.3 is 0 Å². The second-order valence-electron chi connectivity index (χ2n) is 5.20. The molecule has 2 N–H and O–H groups in total. The molecule has 2 aliphatic rings. The van der Waals surface area contributed by atoms with E-state index in [4.69, 9.17) is 4.74 Å². The van der Waals surface area contributed by atoms with Gasteiger partial charge in [-0.05, 0) is 32.9 Å². The minimum Gasteiger partial charge on any atom is -0.375 e. The smallest absolute Gasteiger partial charge is 0.239 e. The van der Waals surface area contributed by atoms with Gasteiger partial charge in [0.15, 0.2) is 0 Å². The Hall–Kier alpha value is -0.650. The summed E-state index contributed by atoms with van der Waals surface area (Å²) in [5.41, 5.74) is 0. The van der Waals surface area contributed by atoms with Crippen molar-refractivity contribution in [2.24, 2.45) is 0 Å². The highest BCUT2D eigenvalue weighted by molar-refractivity contribution is 5.82. The van der Waals surface area contributed by atoms with Crippen molar-refractivity contribution in [1.82, 2.24) is 15.5 Å². The number of likely N-dealkylation sites (tertiary alicyclic amines) is 1. The third-order valence-electron chi connectivity index (χ3n) is 3.77. The Bertz CT molecular complexity index is 267. The van der Waals surface area contributed by atoms with Crippen molar-refractivity contribution in [3.8, 4) is 0 Å². The van der Waals surface area contributed by atoms with Gasteiger partial charge in [-0.2, -0.15) is 0 Å². The quantitative estimate of drug-likeness (QED) is 0.740. The fraction of sp³-hybridized carbons (Fsp3) is 0.923. The summed E-state index contributed by atoms with van der Waals surface area (Å²) in [5.74, 6) is 0.0687. The van der Waals surface area contributed by atoms with E-state index in [0.717, 1.165) is 19.6 Å². The molecular weight excluding hydrogens is 230 g/mol. The van der Waals surface area contributed by atoms with Crippen LogP contribution in [0.5, 0.6) is 0 Å². The lowest BCUT2D eigenvalue weighted by atomic mass is 10.1. The highest BCUT2D eigenvalue weighted by Gasteiger charge is 2.27. The molecule has 18 heavy (non-hydrogen) atoms. The largest absolute Gasteiger partial charge is 0.375 e. The van der Waals surface area contributed by atoms with Crippen LogP contribution in [0.15, 0.2) is 0 Å². The standard InChI is InChI=1S/C13H25N3O2/c1-11-12(14-6-10-18-11)13(17)15-5-9-16-7-3-2-4-8-16/h11-12,14H,2-10H2,1H3,(H,15,17)/t11-,12+/m1/s1. The molecule has 2 fully saturated rings. The van der Waals surface area contributed by atoms with Crippen LogP contribution in [0.4, 0.5) is 0 Å². The Morgan fingerprint density at radius 3 is 2.89 bits per heavy atom. The van der Waals surface area contributed by atoms with Gasteiger partial charge in [-0.1, -0.05) is 6.42 Å². The second-order valence-corrected chi connectivity index (χ2v) is 5.20. The number of hydrogen-bond donors (Lipinski definition) is 2. The van der Waals surface area contributed by atoms with Crippen LogP contribution in [0.3, 0.4) is 0 Å². The first-order valence-electron chi connectivity index (χ1n) is 7.12. The minimum absolute atomic E-state index is 0.0336. The highest BCUT2D eigenvalue weighted by atomic mass is 16.5. The van der Waals surface area contributed by atoms with E-state index in [1.165, 1.54) is 32.4 Å². The predicted molar refractivity (Wildman–Crippen MR) is 70.5 cm³/mol. The van der Waals surface area contributed by atoms with Gasteiger partial charge in [-0.15, -0.1) is 0 Å². The number of carbonyl (C=O) groups is 1. The van der Waals surface area contributed by atoms with E-state index < -0.39 is 0 Å². The number of morpholine rings is 1. The number of nitrogens with one attached hydrogen (secondary N) is 2. The Balaban J connectivity index is 1.64. The topological polar surface area (TPSA) is 53.6 Å². The van der Waals surface area contributed by atoms with Gasteiger partial charge in [-0.25, -0.2) is 0 Å². The summed E-state index contributed by atoms with van der Waals surface area (Å²) in [6.45, 7) is 7.46. The van der Waals surface area contributed by atoms with Crippen molar-refractivity contribution in [1.29, 1.82) is 0 Å². The zero-order valence-electron chi connectivity index (χ0n) is 11.3. The van der Waals surface area contributed by atoms with Crippen LogP contribution in [-0.4, -0.2) is 62.3 Å². The molecule has 2 heterocycles. The normalized spacial score (nSPS) is 30.1. The number of nitrogens with zero attached hydrogens (tertiary/aromatic N) is 1. The molecule has 0 spiro atoms. The van der Waals surface area contributed by atoms with Crippen LogP contribution in [0.25, 0.3) is 0 Å². The van der Waals surface area contributed by atoms with Crippen LogP contribution < -0.4 is 10.6 Å². The second kappa shape index (κ2) is 7.07. The van der Waals surface area contributed by atoms with E-state index >= 15 is 0 Å². The van der Waals surface area contributed by atoms with Crippen LogP contribution in [-0.2, 0) is 9.53 Å². The van der Waals surface area contributed by atoms with Gasteiger partial charge < -0.3 is 20.3 Å². The number of amides is 1. The summed E-state index contributed by atoms with van der Waals surface area (Å²) < 4.78 is 5.47. The summed E-state index contributed by atoms with van der Waals surface area (Å²) in [6.07, 6.45) is 3.91. The molecule has 0 saturated carbocycles. The van der Waals surface area contributed by atoms with Crippen LogP contribution >= 0.6 is 0 Å². The number of ether oxygens (including phenoxy) is 1. The van der Waals surface area contributed by atoms with Crippen molar-refractivity contribution < 1.29 is 9.53 Å². The lowest BCUT2D eigenvalue weighted by molar-refractivity contribution is -0.128. The molecule has 2 saturated heterocycles. The third kappa shape index (κ3) is 3.93. The van der Waals surface area contributed by atoms with Crippen molar-refractivity contribution in [2.45, 2.75) is 38.3 Å². The highest BCUT2D eigenvalue weighted by Crippen LogP contribution is 2.07. The van der Waals surface area contributed by atoms with Gasteiger partial charge in [0.05, 0.1) is 12.7 Å². The molecule has 0 aromatic heterocycles. The monoisotopic (exact) mass is 255 g/mol. The molecule has 0 aromatic rings. The van der Waals surface area contributed by atoms with Crippen molar-refractivity contribution in [3.63, 3.8) is 0 Å². The van der Waals surface area contributed by atoms with E-state index in [9.17, 15) is 4.79 Å². The van der Waals surface area contributed by atoms with E-state index in [1.54, 1.807) is 0 Å². The minimum atomic E-state index is -0.194. The van der Waals surface area contributed by atoms with Crippen LogP contribution in [0.1, 0.15) is 26.2 Å². The van der Waals surface area contributed by atoms with Gasteiger partial charge in [-0.3, -0.25) is 4.79 Å². The zero-order valence-corrected chi connectivity index (χ0v) is 11.3. The molecule has 0 unspecified atom stereocenters. The van der Waals surface area contributed by atoms with Crippen molar-refractivity contribution in [2.75, 3.05) is 39.3 Å². The molecular formula is C13H25N3O2. The average molecular weight is 255 g/mol. The molecule has 5 heteroatoms. The fourth-order valence-corrected chi connectivity index (χ4v) is 2.66. The van der Waals surface area contributed by atoms with Gasteiger partial charge in [0.2, 0.25) is 5.91 Å². The maximum absolute atomic E-state index is 12.0. The van der Waals surface area contributed by atoms with Gasteiger partial charge in [0.25, 0.3) is 0 Å². The van der Waals surface area contributed by atoms with E-state index in [1.807, 2.05) is 6.92 Å². The predicted octanol–water partition coefficient (Wildman–Crippen LogP) is -0.0346. The molecule has 2 rings (SSSR count). The number of carbonyl (C=O) groups excluding carboxylic acids is 1. The molecule has 1 amide bonds. The Kier molecular flexibility index (Phi) is 5.41. The Morgan fingerprint density at radius 1 is 1.39 bits per heavy atom. The van der Waals surface area contributed by atoms with Crippen LogP contribution in [0, 0.1) is 0 Å². The SMILES string of the molecule is C[C@H]1OCCN[C@@H]1C(=O)NCCN1CCCCC1. The summed E-state index contributed by atoms with van der Waals surface area (Å²) >= 11 is 0. The number of rotatable bonds is 4. The first kappa shape index (κ1) is 13.8. The maximum Gasteiger partial charge on any atom is 0.239 e.